The summed E-state index contributed by atoms with van der Waals surface area (Å²) >= 11 is 0. The van der Waals surface area contributed by atoms with Crippen molar-refractivity contribution in [3.05, 3.63) is 0 Å². The highest BCUT2D eigenvalue weighted by molar-refractivity contribution is 7.93. The van der Waals surface area contributed by atoms with E-state index in [0.717, 1.165) is 0 Å². The minimum atomic E-state index is -3.44. The first-order valence-electron chi connectivity index (χ1n) is 13.5. The summed E-state index contributed by atoms with van der Waals surface area (Å²) in [4.78, 5) is 0. The maximum Gasteiger partial charge on any atom is 0.156 e. The van der Waals surface area contributed by atoms with E-state index in [1.807, 2.05) is 0 Å². The minimum absolute atomic E-state index is 0.351. The summed E-state index contributed by atoms with van der Waals surface area (Å²) in [6.45, 7) is 0. The lowest BCUT2D eigenvalue weighted by Crippen LogP contribution is -2.44. The highest BCUT2D eigenvalue weighted by Crippen LogP contribution is 2.39. The summed E-state index contributed by atoms with van der Waals surface area (Å²) in [7, 11) is -10.1. The molecule has 0 aromatic rings. The van der Waals surface area contributed by atoms with Gasteiger partial charge in [-0.05, 0) is 103 Å². The number of aliphatic hydroxyl groups excluding tert-OH is 2. The lowest BCUT2D eigenvalue weighted by molar-refractivity contribution is 0.130. The van der Waals surface area contributed by atoms with Crippen LogP contribution in [0.15, 0.2) is 0 Å². The predicted octanol–water partition coefficient (Wildman–Crippen LogP) is 2.46. The van der Waals surface area contributed by atoms with Crippen molar-refractivity contribution in [2.45, 2.75) is 146 Å². The van der Waals surface area contributed by atoms with E-state index in [-0.39, 0.29) is 0 Å². The van der Waals surface area contributed by atoms with Crippen molar-refractivity contribution in [2.75, 3.05) is 0 Å². The highest BCUT2D eigenvalue weighted by Gasteiger charge is 2.45. The summed E-state index contributed by atoms with van der Waals surface area (Å²) in [5, 5.41) is 16.4. The lowest BCUT2D eigenvalue weighted by Gasteiger charge is -2.36. The summed E-state index contributed by atoms with van der Waals surface area (Å²) < 4.78 is 79.1. The quantitative estimate of drug-likeness (QED) is 0.510. The SMILES string of the molecule is O=S(=O)(C1CCC(O)CC1)C1CCC(S(=O)(=O)C2CCC(S(=O)(=O)C3CCC(O)CC3)CC2)CC1. The first-order chi connectivity index (χ1) is 16.4. The molecule has 8 nitrogen and oxygen atoms in total. The Bertz CT molecular complexity index is 942. The zero-order valence-electron chi connectivity index (χ0n) is 20.5. The first kappa shape index (κ1) is 27.8. The van der Waals surface area contributed by atoms with E-state index in [0.29, 0.717) is 103 Å². The van der Waals surface area contributed by atoms with E-state index >= 15 is 0 Å². The number of hydrogen-bond acceptors (Lipinski definition) is 8. The third-order valence-electron chi connectivity index (χ3n) is 9.32. The molecule has 4 fully saturated rings. The topological polar surface area (TPSA) is 143 Å². The van der Waals surface area contributed by atoms with Gasteiger partial charge >= 0.3 is 0 Å². The minimum Gasteiger partial charge on any atom is -0.393 e. The zero-order valence-corrected chi connectivity index (χ0v) is 23.0. The molecule has 0 amide bonds. The van der Waals surface area contributed by atoms with E-state index in [1.165, 1.54) is 0 Å². The smallest absolute Gasteiger partial charge is 0.156 e. The van der Waals surface area contributed by atoms with Crippen LogP contribution in [0.2, 0.25) is 0 Å². The Morgan fingerprint density at radius 3 is 0.629 bits per heavy atom. The van der Waals surface area contributed by atoms with Crippen molar-refractivity contribution in [1.82, 2.24) is 0 Å². The molecule has 0 aromatic heterocycles. The van der Waals surface area contributed by atoms with Gasteiger partial charge in [0.25, 0.3) is 0 Å². The third-order valence-corrected chi connectivity index (χ3v) is 17.7. The Balaban J connectivity index is 1.30. The molecule has 0 aliphatic heterocycles. The van der Waals surface area contributed by atoms with Crippen molar-refractivity contribution in [1.29, 1.82) is 0 Å². The van der Waals surface area contributed by atoms with Crippen molar-refractivity contribution in [2.24, 2.45) is 0 Å². The predicted molar refractivity (Wildman–Crippen MR) is 135 cm³/mol. The second kappa shape index (κ2) is 10.9. The Morgan fingerprint density at radius 2 is 0.457 bits per heavy atom. The fraction of sp³-hybridized carbons (Fsp3) is 1.00. The Hall–Kier alpha value is -0.230. The van der Waals surface area contributed by atoms with Crippen molar-refractivity contribution in [3.8, 4) is 0 Å². The monoisotopic (exact) mass is 554 g/mol. The molecule has 0 radical (unpaired) electrons. The second-order valence-corrected chi connectivity index (χ2v) is 19.0. The van der Waals surface area contributed by atoms with Crippen LogP contribution in [0, 0.1) is 0 Å². The summed E-state index contributed by atoms with van der Waals surface area (Å²) in [5.41, 5.74) is 0. The van der Waals surface area contributed by atoms with Crippen molar-refractivity contribution >= 4 is 29.5 Å². The molecule has 0 unspecified atom stereocenters. The molecule has 4 rings (SSSR count). The first-order valence-corrected chi connectivity index (χ1v) is 18.3. The van der Waals surface area contributed by atoms with Gasteiger partial charge in [-0.15, -0.1) is 0 Å². The molecule has 0 aromatic carbocycles. The average Bonchev–Trinajstić information content (AvgIpc) is 2.85. The molecular weight excluding hydrogens is 512 g/mol. The van der Waals surface area contributed by atoms with Gasteiger partial charge in [-0.1, -0.05) is 0 Å². The summed E-state index contributed by atoms with van der Waals surface area (Å²) in [6.07, 6.45) is 5.99. The molecule has 0 heterocycles. The van der Waals surface area contributed by atoms with Crippen LogP contribution in [-0.4, -0.2) is 79.2 Å². The maximum atomic E-state index is 13.4. The van der Waals surface area contributed by atoms with Crippen LogP contribution in [-0.2, 0) is 29.5 Å². The number of sulfone groups is 3. The second-order valence-electron chi connectivity index (χ2n) is 11.4. The van der Waals surface area contributed by atoms with Gasteiger partial charge in [-0.3, -0.25) is 0 Å². The van der Waals surface area contributed by atoms with Gasteiger partial charge in [-0.2, -0.15) is 0 Å². The summed E-state index contributed by atoms with van der Waals surface area (Å²) in [6, 6.07) is 0. The molecule has 2 N–H and O–H groups in total. The number of aliphatic hydroxyl groups is 2. The Labute approximate surface area is 211 Å². The third kappa shape index (κ3) is 5.94. The molecule has 0 atom stereocenters. The fourth-order valence-corrected chi connectivity index (χ4v) is 14.2. The maximum absolute atomic E-state index is 13.4. The van der Waals surface area contributed by atoms with Crippen LogP contribution in [0.4, 0.5) is 0 Å². The van der Waals surface area contributed by atoms with Gasteiger partial charge in [0.1, 0.15) is 0 Å². The Morgan fingerprint density at radius 1 is 0.314 bits per heavy atom. The van der Waals surface area contributed by atoms with Gasteiger partial charge < -0.3 is 10.2 Å². The molecule has 35 heavy (non-hydrogen) atoms. The molecule has 11 heteroatoms. The van der Waals surface area contributed by atoms with Crippen LogP contribution in [0.1, 0.15) is 103 Å². The van der Waals surface area contributed by atoms with Gasteiger partial charge in [0.2, 0.25) is 0 Å². The molecule has 4 saturated carbocycles. The molecular formula is C24H42O8S3. The molecule has 0 spiro atoms. The Kier molecular flexibility index (Phi) is 8.63. The normalized spacial score (nSPS) is 40.3. The van der Waals surface area contributed by atoms with Gasteiger partial charge in [0.15, 0.2) is 29.5 Å². The van der Waals surface area contributed by atoms with Crippen LogP contribution in [0.5, 0.6) is 0 Å². The zero-order chi connectivity index (χ0) is 25.4. The standard InChI is InChI=1S/C24H42O8S3/c25-17-1-5-19(6-2-17)33(27,28)21-9-13-23(14-10-21)35(31,32)24-15-11-22(12-16-24)34(29,30)20-7-3-18(26)4-8-20/h17-26H,1-16H2. The van der Waals surface area contributed by atoms with E-state index in [1.54, 1.807) is 0 Å². The van der Waals surface area contributed by atoms with Gasteiger partial charge in [-0.25, -0.2) is 25.3 Å². The van der Waals surface area contributed by atoms with Crippen molar-refractivity contribution < 1.29 is 35.5 Å². The van der Waals surface area contributed by atoms with Crippen LogP contribution < -0.4 is 0 Å². The number of rotatable bonds is 6. The highest BCUT2D eigenvalue weighted by atomic mass is 32.2. The van der Waals surface area contributed by atoms with Gasteiger partial charge in [0, 0.05) is 0 Å². The van der Waals surface area contributed by atoms with E-state index < -0.39 is 73.2 Å². The van der Waals surface area contributed by atoms with Crippen LogP contribution >= 0.6 is 0 Å². The van der Waals surface area contributed by atoms with Gasteiger partial charge in [0.05, 0.1) is 43.7 Å². The average molecular weight is 555 g/mol. The molecule has 4 aliphatic carbocycles. The largest absolute Gasteiger partial charge is 0.393 e. The van der Waals surface area contributed by atoms with Crippen molar-refractivity contribution in [3.63, 3.8) is 0 Å². The van der Waals surface area contributed by atoms with E-state index in [9.17, 15) is 35.5 Å². The number of hydrogen-bond donors (Lipinski definition) is 2. The molecule has 204 valence electrons. The van der Waals surface area contributed by atoms with Crippen LogP contribution in [0.25, 0.3) is 0 Å². The summed E-state index contributed by atoms with van der Waals surface area (Å²) in [5.74, 6) is 0. The molecule has 4 aliphatic rings. The van der Waals surface area contributed by atoms with E-state index in [4.69, 9.17) is 0 Å². The molecule has 0 bridgehead atoms. The lowest BCUT2D eigenvalue weighted by atomic mass is 9.97. The van der Waals surface area contributed by atoms with E-state index in [2.05, 4.69) is 0 Å². The van der Waals surface area contributed by atoms with Crippen LogP contribution in [0.3, 0.4) is 0 Å². The fourth-order valence-electron chi connectivity index (χ4n) is 6.94. The molecule has 0 saturated heterocycles.